The van der Waals surface area contributed by atoms with Crippen molar-refractivity contribution in [1.29, 1.82) is 0 Å². The highest BCUT2D eigenvalue weighted by Crippen LogP contribution is 2.35. The molecule has 3 rings (SSSR count). The minimum absolute atomic E-state index is 0.150. The normalized spacial score (nSPS) is 14.5. The molecule has 0 saturated carbocycles. The van der Waals surface area contributed by atoms with E-state index in [4.69, 9.17) is 4.74 Å². The number of nitrogens with one attached hydrogen (secondary N) is 1. The summed E-state index contributed by atoms with van der Waals surface area (Å²) in [5, 5.41) is 14.9. The van der Waals surface area contributed by atoms with Gasteiger partial charge in [-0.15, -0.1) is 0 Å². The number of aromatic nitrogens is 2. The third-order valence-corrected chi connectivity index (χ3v) is 4.88. The molecule has 1 fully saturated rings. The number of carbonyl (C=O) groups excluding carboxylic acids is 1. The fraction of sp³-hybridized carbons (Fsp3) is 0.450. The van der Waals surface area contributed by atoms with Crippen molar-refractivity contribution in [2.24, 2.45) is 5.92 Å². The number of hydrogen-bond acceptors (Lipinski definition) is 8. The first-order valence-electron chi connectivity index (χ1n) is 9.65. The topological polar surface area (TPSA) is 110 Å². The summed E-state index contributed by atoms with van der Waals surface area (Å²) < 4.78 is 5.09. The summed E-state index contributed by atoms with van der Waals surface area (Å²) >= 11 is 0. The van der Waals surface area contributed by atoms with E-state index in [1.807, 2.05) is 36.9 Å². The lowest BCUT2D eigenvalue weighted by molar-refractivity contribution is -0.383. The van der Waals surface area contributed by atoms with Gasteiger partial charge in [0, 0.05) is 18.8 Å². The number of carbonyl (C=O) groups is 1. The molecule has 1 N–H and O–H groups in total. The maximum atomic E-state index is 11.9. The Morgan fingerprint density at radius 3 is 2.48 bits per heavy atom. The van der Waals surface area contributed by atoms with Crippen molar-refractivity contribution in [3.8, 4) is 0 Å². The lowest BCUT2D eigenvalue weighted by Gasteiger charge is -2.31. The highest BCUT2D eigenvalue weighted by molar-refractivity contribution is 5.76. The second-order valence-corrected chi connectivity index (χ2v) is 7.17. The molecule has 1 aromatic carbocycles. The van der Waals surface area contributed by atoms with Crippen LogP contribution in [-0.2, 0) is 9.53 Å². The van der Waals surface area contributed by atoms with Crippen molar-refractivity contribution in [3.63, 3.8) is 0 Å². The van der Waals surface area contributed by atoms with E-state index in [2.05, 4.69) is 15.3 Å². The molecule has 1 aliphatic heterocycles. The molecular formula is C20H25N5O4. The van der Waals surface area contributed by atoms with Crippen LogP contribution in [0.25, 0.3) is 0 Å². The van der Waals surface area contributed by atoms with Gasteiger partial charge in [0.1, 0.15) is 6.33 Å². The van der Waals surface area contributed by atoms with E-state index in [-0.39, 0.29) is 29.2 Å². The molecule has 1 saturated heterocycles. The zero-order chi connectivity index (χ0) is 21.0. The summed E-state index contributed by atoms with van der Waals surface area (Å²) in [4.78, 5) is 33.5. The number of piperidine rings is 1. The van der Waals surface area contributed by atoms with Crippen LogP contribution in [0.4, 0.5) is 23.0 Å². The van der Waals surface area contributed by atoms with E-state index < -0.39 is 4.92 Å². The van der Waals surface area contributed by atoms with E-state index in [0.717, 1.165) is 16.8 Å². The minimum atomic E-state index is -0.461. The SMILES string of the molecule is CCOC(=O)C1CCN(c2ncnc(Nc3cc(C)cc(C)c3)c2[N+](=O)[O-])CC1. The summed E-state index contributed by atoms with van der Waals surface area (Å²) in [5.74, 6) is 0.0261. The van der Waals surface area contributed by atoms with Crippen LogP contribution in [0.3, 0.4) is 0 Å². The summed E-state index contributed by atoms with van der Waals surface area (Å²) in [6, 6.07) is 5.84. The average molecular weight is 399 g/mol. The fourth-order valence-electron chi connectivity index (χ4n) is 3.63. The zero-order valence-electron chi connectivity index (χ0n) is 16.8. The van der Waals surface area contributed by atoms with E-state index in [9.17, 15) is 14.9 Å². The van der Waals surface area contributed by atoms with Gasteiger partial charge in [0.15, 0.2) is 0 Å². The van der Waals surface area contributed by atoms with Crippen LogP contribution in [0.2, 0.25) is 0 Å². The van der Waals surface area contributed by atoms with Gasteiger partial charge >= 0.3 is 11.7 Å². The Kier molecular flexibility index (Phi) is 6.26. The maximum absolute atomic E-state index is 11.9. The minimum Gasteiger partial charge on any atom is -0.466 e. The van der Waals surface area contributed by atoms with Crippen molar-refractivity contribution in [3.05, 3.63) is 45.8 Å². The molecule has 9 nitrogen and oxygen atoms in total. The quantitative estimate of drug-likeness (QED) is 0.446. The van der Waals surface area contributed by atoms with Crippen LogP contribution < -0.4 is 10.2 Å². The third-order valence-electron chi connectivity index (χ3n) is 4.88. The smallest absolute Gasteiger partial charge is 0.353 e. The molecule has 1 aromatic heterocycles. The molecule has 154 valence electrons. The van der Waals surface area contributed by atoms with Crippen molar-refractivity contribution < 1.29 is 14.5 Å². The van der Waals surface area contributed by atoms with Gasteiger partial charge in [0.05, 0.1) is 17.4 Å². The van der Waals surface area contributed by atoms with Crippen molar-refractivity contribution in [2.75, 3.05) is 29.9 Å². The Morgan fingerprint density at radius 1 is 1.24 bits per heavy atom. The number of ether oxygens (including phenoxy) is 1. The van der Waals surface area contributed by atoms with Gasteiger partial charge in [-0.3, -0.25) is 14.9 Å². The van der Waals surface area contributed by atoms with E-state index in [0.29, 0.717) is 32.5 Å². The molecule has 0 aliphatic carbocycles. The van der Waals surface area contributed by atoms with E-state index in [1.165, 1.54) is 6.33 Å². The Hall–Kier alpha value is -3.23. The number of nitro groups is 1. The second-order valence-electron chi connectivity index (χ2n) is 7.17. The van der Waals surface area contributed by atoms with E-state index in [1.54, 1.807) is 6.92 Å². The van der Waals surface area contributed by atoms with Crippen LogP contribution in [-0.4, -0.2) is 40.6 Å². The van der Waals surface area contributed by atoms with Crippen LogP contribution in [0.15, 0.2) is 24.5 Å². The van der Waals surface area contributed by atoms with Crippen molar-refractivity contribution >= 4 is 29.0 Å². The number of hydrogen-bond donors (Lipinski definition) is 1. The first-order chi connectivity index (χ1) is 13.9. The summed E-state index contributed by atoms with van der Waals surface area (Å²) in [7, 11) is 0. The molecule has 0 radical (unpaired) electrons. The molecule has 0 atom stereocenters. The van der Waals surface area contributed by atoms with Gasteiger partial charge < -0.3 is 15.0 Å². The number of anilines is 3. The van der Waals surface area contributed by atoms with Crippen LogP contribution in [0.1, 0.15) is 30.9 Å². The van der Waals surface area contributed by atoms with Crippen molar-refractivity contribution in [2.45, 2.75) is 33.6 Å². The Bertz CT molecular complexity index is 889. The van der Waals surface area contributed by atoms with Crippen LogP contribution in [0, 0.1) is 29.9 Å². The number of aryl methyl sites for hydroxylation is 2. The predicted octanol–water partition coefficient (Wildman–Crippen LogP) is 3.52. The van der Waals surface area contributed by atoms with Gasteiger partial charge in [-0.25, -0.2) is 9.97 Å². The number of benzene rings is 1. The summed E-state index contributed by atoms with van der Waals surface area (Å²) in [6.07, 6.45) is 2.46. The predicted molar refractivity (Wildman–Crippen MR) is 109 cm³/mol. The first-order valence-corrected chi connectivity index (χ1v) is 9.65. The molecule has 29 heavy (non-hydrogen) atoms. The Morgan fingerprint density at radius 2 is 1.90 bits per heavy atom. The number of nitrogens with zero attached hydrogens (tertiary/aromatic N) is 4. The van der Waals surface area contributed by atoms with Gasteiger partial charge in [0.2, 0.25) is 11.6 Å². The lowest BCUT2D eigenvalue weighted by Crippen LogP contribution is -2.37. The van der Waals surface area contributed by atoms with Gasteiger partial charge in [0.25, 0.3) is 0 Å². The van der Waals surface area contributed by atoms with Crippen LogP contribution in [0.5, 0.6) is 0 Å². The van der Waals surface area contributed by atoms with Gasteiger partial charge in [-0.1, -0.05) is 6.07 Å². The third kappa shape index (κ3) is 4.79. The molecule has 2 aromatic rings. The monoisotopic (exact) mass is 399 g/mol. The highest BCUT2D eigenvalue weighted by atomic mass is 16.6. The number of esters is 1. The standard InChI is InChI=1S/C20H25N5O4/c1-4-29-20(26)15-5-7-24(8-6-15)19-17(25(27)28)18(21-12-22-19)23-16-10-13(2)9-14(3)11-16/h9-12,15H,4-8H2,1-3H3,(H,21,22,23). The maximum Gasteiger partial charge on any atom is 0.353 e. The molecule has 0 amide bonds. The van der Waals surface area contributed by atoms with Crippen molar-refractivity contribution in [1.82, 2.24) is 9.97 Å². The molecule has 0 spiro atoms. The molecular weight excluding hydrogens is 374 g/mol. The number of rotatable bonds is 6. The Balaban J connectivity index is 1.84. The fourth-order valence-corrected chi connectivity index (χ4v) is 3.63. The zero-order valence-corrected chi connectivity index (χ0v) is 16.8. The Labute approximate surface area is 169 Å². The highest BCUT2D eigenvalue weighted by Gasteiger charge is 2.32. The first kappa shape index (κ1) is 20.5. The second kappa shape index (κ2) is 8.85. The van der Waals surface area contributed by atoms with Crippen LogP contribution >= 0.6 is 0 Å². The average Bonchev–Trinajstić information content (AvgIpc) is 2.67. The summed E-state index contributed by atoms with van der Waals surface area (Å²) in [5.41, 5.74) is 2.66. The molecule has 2 heterocycles. The molecule has 9 heteroatoms. The molecule has 1 aliphatic rings. The van der Waals surface area contributed by atoms with Gasteiger partial charge in [-0.2, -0.15) is 0 Å². The van der Waals surface area contributed by atoms with E-state index >= 15 is 0 Å². The lowest BCUT2D eigenvalue weighted by atomic mass is 9.97. The summed E-state index contributed by atoms with van der Waals surface area (Å²) in [6.45, 7) is 7.04. The van der Waals surface area contributed by atoms with Gasteiger partial charge in [-0.05, 0) is 56.9 Å². The molecule has 0 unspecified atom stereocenters. The largest absolute Gasteiger partial charge is 0.466 e. The molecule has 0 bridgehead atoms.